The number of ether oxygens (including phenoxy) is 2. The highest BCUT2D eigenvalue weighted by Crippen LogP contribution is 2.59. The van der Waals surface area contributed by atoms with Crippen molar-refractivity contribution in [2.75, 3.05) is 7.11 Å². The predicted molar refractivity (Wildman–Crippen MR) is 144 cm³/mol. The minimum Gasteiger partial charge on any atom is -0.497 e. The van der Waals surface area contributed by atoms with Crippen LogP contribution in [0.5, 0.6) is 5.75 Å². The Morgan fingerprint density at radius 3 is 2.34 bits per heavy atom. The van der Waals surface area contributed by atoms with Gasteiger partial charge in [-0.3, -0.25) is 9.80 Å². The average Bonchev–Trinajstić information content (AvgIpc) is 3.43. The Hall–Kier alpha value is -4.26. The first-order valence-electron chi connectivity index (χ1n) is 12.7. The van der Waals surface area contributed by atoms with Gasteiger partial charge in [0.05, 0.1) is 19.2 Å². The van der Waals surface area contributed by atoms with Gasteiger partial charge in [-0.2, -0.15) is 5.10 Å². The summed E-state index contributed by atoms with van der Waals surface area (Å²) >= 11 is 0. The van der Waals surface area contributed by atoms with E-state index in [1.54, 1.807) is 18.3 Å². The molecule has 0 unspecified atom stereocenters. The van der Waals surface area contributed by atoms with E-state index in [2.05, 4.69) is 0 Å². The van der Waals surface area contributed by atoms with E-state index in [1.807, 2.05) is 99.6 Å². The van der Waals surface area contributed by atoms with Gasteiger partial charge in [-0.15, -0.1) is 0 Å². The number of hydrazone groups is 1. The summed E-state index contributed by atoms with van der Waals surface area (Å²) in [6.07, 6.45) is 1.76. The Kier molecular flexibility index (Phi) is 5.49. The SMILES string of the molecule is COc1ccc([C@@H]2[C@H](C(=O)C(C)(C)C)N3N=Cc4ccccc4[C@@H]3[C@@]23N=C(c2ccccc2)OC3=O)cc1. The number of rotatable bonds is 4. The van der Waals surface area contributed by atoms with E-state index in [0.717, 1.165) is 16.7 Å². The molecular weight excluding hydrogens is 478 g/mol. The number of methoxy groups -OCH3 is 1. The predicted octanol–water partition coefficient (Wildman–Crippen LogP) is 4.91. The summed E-state index contributed by atoms with van der Waals surface area (Å²) in [6, 6.07) is 23.4. The lowest BCUT2D eigenvalue weighted by molar-refractivity contribution is -0.140. The van der Waals surface area contributed by atoms with Crippen LogP contribution in [0.25, 0.3) is 0 Å². The van der Waals surface area contributed by atoms with E-state index < -0.39 is 34.9 Å². The van der Waals surface area contributed by atoms with Crippen molar-refractivity contribution in [3.05, 3.63) is 101 Å². The smallest absolute Gasteiger partial charge is 0.344 e. The van der Waals surface area contributed by atoms with Crippen LogP contribution in [0.1, 0.15) is 55.0 Å². The van der Waals surface area contributed by atoms with Gasteiger partial charge in [0.25, 0.3) is 0 Å². The van der Waals surface area contributed by atoms with E-state index in [4.69, 9.17) is 19.6 Å². The molecule has 38 heavy (non-hydrogen) atoms. The highest BCUT2D eigenvalue weighted by molar-refractivity contribution is 6.10. The Balaban J connectivity index is 1.65. The largest absolute Gasteiger partial charge is 0.497 e. The second kappa shape index (κ2) is 8.65. The molecule has 7 heteroatoms. The summed E-state index contributed by atoms with van der Waals surface area (Å²) < 4.78 is 11.4. The minimum absolute atomic E-state index is 0.0205. The average molecular weight is 508 g/mol. The molecule has 0 bridgehead atoms. The molecule has 3 aliphatic heterocycles. The number of esters is 1. The fourth-order valence-corrected chi connectivity index (χ4v) is 5.89. The zero-order valence-corrected chi connectivity index (χ0v) is 21.8. The maximum atomic E-state index is 14.2. The molecule has 0 amide bonds. The summed E-state index contributed by atoms with van der Waals surface area (Å²) in [5, 5.41) is 6.59. The topological polar surface area (TPSA) is 80.6 Å². The molecule has 1 fully saturated rings. The monoisotopic (exact) mass is 507 g/mol. The van der Waals surface area contributed by atoms with Crippen molar-refractivity contribution in [1.82, 2.24) is 5.01 Å². The van der Waals surface area contributed by atoms with Crippen LogP contribution in [0.4, 0.5) is 0 Å². The number of carbonyl (C=O) groups excluding carboxylic acids is 2. The van der Waals surface area contributed by atoms with Gasteiger partial charge in [0.15, 0.2) is 11.3 Å². The van der Waals surface area contributed by atoms with Crippen molar-refractivity contribution >= 4 is 23.9 Å². The Labute approximate surface area is 221 Å². The van der Waals surface area contributed by atoms with Gasteiger partial charge < -0.3 is 9.47 Å². The normalized spacial score (nSPS) is 25.6. The van der Waals surface area contributed by atoms with Gasteiger partial charge in [-0.1, -0.05) is 75.4 Å². The minimum atomic E-state index is -1.43. The van der Waals surface area contributed by atoms with Gasteiger partial charge >= 0.3 is 5.97 Å². The third kappa shape index (κ3) is 3.49. The van der Waals surface area contributed by atoms with Crippen molar-refractivity contribution in [2.45, 2.75) is 44.3 Å². The van der Waals surface area contributed by atoms with Gasteiger partial charge in [0.1, 0.15) is 17.8 Å². The van der Waals surface area contributed by atoms with E-state index in [-0.39, 0.29) is 11.7 Å². The van der Waals surface area contributed by atoms with Crippen LogP contribution in [0.2, 0.25) is 0 Å². The molecule has 0 aromatic heterocycles. The van der Waals surface area contributed by atoms with Crippen LogP contribution >= 0.6 is 0 Å². The Bertz CT molecular complexity index is 1470. The van der Waals surface area contributed by atoms with Gasteiger partial charge in [-0.05, 0) is 41.0 Å². The molecular formula is C31H29N3O4. The fourth-order valence-electron chi connectivity index (χ4n) is 5.89. The lowest BCUT2D eigenvalue weighted by Gasteiger charge is -2.35. The number of fused-ring (bicyclic) bond motifs is 4. The quantitative estimate of drug-likeness (QED) is 0.469. The standard InChI is InChI=1S/C31H29N3O4/c1-30(2,3)27(35)25-24(19-14-16-22(37-4)17-15-19)31(26-23-13-9-8-12-21(23)18-32-34(25)26)29(36)38-28(33-31)20-10-6-5-7-11-20/h5-18,24-26H,1-4H3/t24-,25-,26-,31+/m1/s1. The number of nitrogens with zero attached hydrogens (tertiary/aromatic N) is 3. The first-order chi connectivity index (χ1) is 18.3. The number of benzene rings is 3. The number of aliphatic imine (C=N–C) groups is 1. The second-order valence-corrected chi connectivity index (χ2v) is 11.0. The van der Waals surface area contributed by atoms with Crippen LogP contribution in [-0.2, 0) is 14.3 Å². The molecule has 0 aliphatic carbocycles. The van der Waals surface area contributed by atoms with Crippen molar-refractivity contribution in [3.8, 4) is 5.75 Å². The molecule has 3 heterocycles. The van der Waals surface area contributed by atoms with Gasteiger partial charge in [-0.25, -0.2) is 9.79 Å². The lowest BCUT2D eigenvalue weighted by atomic mass is 9.70. The summed E-state index contributed by atoms with van der Waals surface area (Å²) in [5.74, 6) is -0.216. The lowest BCUT2D eigenvalue weighted by Crippen LogP contribution is -2.45. The number of hydrogen-bond donors (Lipinski definition) is 0. The van der Waals surface area contributed by atoms with Crippen molar-refractivity contribution < 1.29 is 19.1 Å². The van der Waals surface area contributed by atoms with E-state index in [1.165, 1.54) is 0 Å². The molecule has 1 spiro atoms. The number of Topliss-reactive ketones (excluding diaryl/α,β-unsaturated/α-hetero) is 1. The van der Waals surface area contributed by atoms with Gasteiger partial charge in [0.2, 0.25) is 5.90 Å². The van der Waals surface area contributed by atoms with Gasteiger partial charge in [0, 0.05) is 11.0 Å². The summed E-state index contributed by atoms with van der Waals surface area (Å²) in [4.78, 5) is 33.5. The highest BCUT2D eigenvalue weighted by atomic mass is 16.6. The summed E-state index contributed by atoms with van der Waals surface area (Å²) in [6.45, 7) is 5.69. The third-order valence-electron chi connectivity index (χ3n) is 7.68. The molecule has 1 saturated heterocycles. The zero-order valence-electron chi connectivity index (χ0n) is 21.8. The Morgan fingerprint density at radius 2 is 1.66 bits per heavy atom. The summed E-state index contributed by atoms with van der Waals surface area (Å²) in [5.41, 5.74) is 1.16. The van der Waals surface area contributed by atoms with Crippen LogP contribution in [0.3, 0.4) is 0 Å². The van der Waals surface area contributed by atoms with Crippen LogP contribution in [-0.4, -0.2) is 47.6 Å². The highest BCUT2D eigenvalue weighted by Gasteiger charge is 2.71. The molecule has 192 valence electrons. The first kappa shape index (κ1) is 24.1. The molecule has 6 rings (SSSR count). The Morgan fingerprint density at radius 1 is 0.974 bits per heavy atom. The first-order valence-corrected chi connectivity index (χ1v) is 12.7. The maximum absolute atomic E-state index is 14.2. The van der Waals surface area contributed by atoms with E-state index >= 15 is 0 Å². The number of ketones is 1. The second-order valence-electron chi connectivity index (χ2n) is 11.0. The summed E-state index contributed by atoms with van der Waals surface area (Å²) in [7, 11) is 1.61. The molecule has 0 N–H and O–H groups in total. The molecule has 3 aromatic carbocycles. The van der Waals surface area contributed by atoms with E-state index in [9.17, 15) is 9.59 Å². The fraction of sp³-hybridized carbons (Fsp3) is 0.290. The molecule has 4 atom stereocenters. The molecule has 7 nitrogen and oxygen atoms in total. The van der Waals surface area contributed by atoms with Crippen LogP contribution in [0.15, 0.2) is 89.0 Å². The number of carbonyl (C=O) groups is 2. The third-order valence-corrected chi connectivity index (χ3v) is 7.68. The maximum Gasteiger partial charge on any atom is 0.344 e. The van der Waals surface area contributed by atoms with Crippen molar-refractivity contribution in [1.29, 1.82) is 0 Å². The number of cyclic esters (lactones) is 1. The number of hydrogen-bond acceptors (Lipinski definition) is 7. The molecule has 0 saturated carbocycles. The van der Waals surface area contributed by atoms with Crippen molar-refractivity contribution in [3.63, 3.8) is 0 Å². The molecule has 3 aliphatic rings. The van der Waals surface area contributed by atoms with E-state index in [0.29, 0.717) is 11.3 Å². The van der Waals surface area contributed by atoms with Crippen LogP contribution in [0, 0.1) is 5.41 Å². The molecule has 0 radical (unpaired) electrons. The zero-order chi connectivity index (χ0) is 26.7. The van der Waals surface area contributed by atoms with Crippen molar-refractivity contribution in [2.24, 2.45) is 15.5 Å². The van der Waals surface area contributed by atoms with Crippen LogP contribution < -0.4 is 4.74 Å². The molecule has 3 aromatic rings.